The summed E-state index contributed by atoms with van der Waals surface area (Å²) in [5, 5.41) is 10.6. The quantitative estimate of drug-likeness (QED) is 0.430. The van der Waals surface area contributed by atoms with Gasteiger partial charge in [-0.15, -0.1) is 0 Å². The number of ether oxygens (including phenoxy) is 2. The number of carbonyl (C=O) groups is 2. The first kappa shape index (κ1) is 24.2. The van der Waals surface area contributed by atoms with Gasteiger partial charge >= 0.3 is 0 Å². The van der Waals surface area contributed by atoms with E-state index in [1.165, 1.54) is 7.11 Å². The highest BCUT2D eigenvalue weighted by molar-refractivity contribution is 6.33. The Morgan fingerprint density at radius 2 is 2.00 bits per heavy atom. The molecule has 0 amide bonds. The molecule has 6 heteroatoms. The van der Waals surface area contributed by atoms with Gasteiger partial charge in [-0.1, -0.05) is 29.3 Å². The zero-order valence-electron chi connectivity index (χ0n) is 18.6. The number of carbonyl (C=O) groups excluding carboxylic acids is 2. The van der Waals surface area contributed by atoms with Crippen molar-refractivity contribution in [2.45, 2.75) is 72.0 Å². The number of phenolic OH excluding ortho intramolecular Hbond substituents is 1. The molecule has 0 spiro atoms. The lowest BCUT2D eigenvalue weighted by Gasteiger charge is -2.18. The lowest BCUT2D eigenvalue weighted by molar-refractivity contribution is -0.129. The fraction of sp³-hybridized carbons (Fsp3) is 0.500. The van der Waals surface area contributed by atoms with Gasteiger partial charge in [-0.25, -0.2) is 0 Å². The van der Waals surface area contributed by atoms with Gasteiger partial charge in [0.05, 0.1) is 23.8 Å². The molecule has 0 aromatic heterocycles. The molecule has 1 aromatic carbocycles. The molecule has 1 fully saturated rings. The molecule has 30 heavy (non-hydrogen) atoms. The van der Waals surface area contributed by atoms with E-state index in [-0.39, 0.29) is 22.7 Å². The molecule has 1 heterocycles. The van der Waals surface area contributed by atoms with Crippen LogP contribution in [0.15, 0.2) is 23.3 Å². The Labute approximate surface area is 183 Å². The number of ketones is 1. The van der Waals surface area contributed by atoms with E-state index in [4.69, 9.17) is 21.1 Å². The van der Waals surface area contributed by atoms with Crippen LogP contribution in [0.2, 0.25) is 5.02 Å². The zero-order chi connectivity index (χ0) is 22.6. The van der Waals surface area contributed by atoms with Crippen molar-refractivity contribution in [2.75, 3.05) is 7.11 Å². The van der Waals surface area contributed by atoms with E-state index in [9.17, 15) is 14.7 Å². The first-order valence-electron chi connectivity index (χ1n) is 10.1. The maximum absolute atomic E-state index is 12.0. The summed E-state index contributed by atoms with van der Waals surface area (Å²) in [6, 6.07) is 0. The van der Waals surface area contributed by atoms with Gasteiger partial charge in [0.2, 0.25) is 0 Å². The van der Waals surface area contributed by atoms with E-state index in [0.717, 1.165) is 24.0 Å². The van der Waals surface area contributed by atoms with Gasteiger partial charge in [0, 0.05) is 12.0 Å². The van der Waals surface area contributed by atoms with Crippen LogP contribution in [0.1, 0.15) is 68.4 Å². The van der Waals surface area contributed by atoms with Gasteiger partial charge in [0.15, 0.2) is 12.1 Å². The van der Waals surface area contributed by atoms with Gasteiger partial charge in [0.1, 0.15) is 17.1 Å². The third-order valence-electron chi connectivity index (χ3n) is 5.71. The number of hydrogen-bond acceptors (Lipinski definition) is 5. The molecule has 1 N–H and O–H groups in total. The van der Waals surface area contributed by atoms with E-state index in [0.29, 0.717) is 41.6 Å². The minimum absolute atomic E-state index is 0.0536. The minimum Gasteiger partial charge on any atom is -0.506 e. The average Bonchev–Trinajstić information content (AvgIpc) is 2.97. The number of phenols is 1. The normalized spacial score (nSPS) is 19.3. The molecule has 0 aliphatic carbocycles. The van der Waals surface area contributed by atoms with Crippen LogP contribution >= 0.6 is 11.6 Å². The van der Waals surface area contributed by atoms with E-state index < -0.39 is 5.60 Å². The lowest BCUT2D eigenvalue weighted by Crippen LogP contribution is -2.27. The van der Waals surface area contributed by atoms with Crippen LogP contribution in [-0.4, -0.2) is 36.0 Å². The second-order valence-electron chi connectivity index (χ2n) is 8.32. The van der Waals surface area contributed by atoms with Gasteiger partial charge in [-0.2, -0.15) is 0 Å². The average molecular weight is 435 g/mol. The summed E-state index contributed by atoms with van der Waals surface area (Å²) in [4.78, 5) is 23.4. The number of aldehydes is 1. The van der Waals surface area contributed by atoms with Crippen molar-refractivity contribution in [3.63, 3.8) is 0 Å². The predicted octanol–water partition coefficient (Wildman–Crippen LogP) is 5.53. The number of aromatic hydroxyl groups is 1. The van der Waals surface area contributed by atoms with Gasteiger partial charge in [-0.05, 0) is 65.0 Å². The molecular formula is C24H31ClO5. The van der Waals surface area contributed by atoms with Crippen molar-refractivity contribution >= 4 is 23.7 Å². The van der Waals surface area contributed by atoms with Crippen LogP contribution < -0.4 is 4.74 Å². The van der Waals surface area contributed by atoms with Crippen LogP contribution in [0.5, 0.6) is 11.5 Å². The first-order chi connectivity index (χ1) is 14.0. The fourth-order valence-electron chi connectivity index (χ4n) is 3.60. The van der Waals surface area contributed by atoms with Crippen molar-refractivity contribution in [1.29, 1.82) is 0 Å². The Bertz CT molecular complexity index is 896. The van der Waals surface area contributed by atoms with E-state index >= 15 is 0 Å². The van der Waals surface area contributed by atoms with Crippen LogP contribution in [0.25, 0.3) is 0 Å². The highest BCUT2D eigenvalue weighted by atomic mass is 35.5. The second-order valence-corrected chi connectivity index (χ2v) is 8.69. The van der Waals surface area contributed by atoms with Crippen LogP contribution in [0, 0.1) is 6.92 Å². The van der Waals surface area contributed by atoms with Gasteiger partial charge < -0.3 is 14.6 Å². The third-order valence-corrected chi connectivity index (χ3v) is 6.18. The topological polar surface area (TPSA) is 72.8 Å². The number of allylic oxidation sites excluding steroid dienone is 3. The lowest BCUT2D eigenvalue weighted by atomic mass is 9.98. The highest BCUT2D eigenvalue weighted by Gasteiger charge is 2.40. The molecule has 1 aromatic rings. The number of Topliss-reactive ketones (excluding diaryl/α,β-unsaturated/α-hetero) is 1. The summed E-state index contributed by atoms with van der Waals surface area (Å²) in [6.45, 7) is 9.31. The Morgan fingerprint density at radius 3 is 2.53 bits per heavy atom. The van der Waals surface area contributed by atoms with E-state index in [1.807, 2.05) is 33.8 Å². The predicted molar refractivity (Wildman–Crippen MR) is 119 cm³/mol. The first-order valence-corrected chi connectivity index (χ1v) is 10.5. The fourth-order valence-corrected chi connectivity index (χ4v) is 3.82. The van der Waals surface area contributed by atoms with Gasteiger partial charge in [-0.3, -0.25) is 9.59 Å². The maximum Gasteiger partial charge on any atom is 0.167 e. The molecule has 0 bridgehead atoms. The molecule has 0 unspecified atom stereocenters. The molecule has 0 saturated carbocycles. The number of benzene rings is 1. The van der Waals surface area contributed by atoms with Gasteiger partial charge in [0.25, 0.3) is 0 Å². The van der Waals surface area contributed by atoms with Crippen LogP contribution in [0.3, 0.4) is 0 Å². The Kier molecular flexibility index (Phi) is 7.89. The molecular weight excluding hydrogens is 404 g/mol. The minimum atomic E-state index is -0.702. The Balaban J connectivity index is 2.07. The summed E-state index contributed by atoms with van der Waals surface area (Å²) >= 11 is 6.19. The van der Waals surface area contributed by atoms with E-state index in [2.05, 4.69) is 6.08 Å². The number of hydrogen-bond donors (Lipinski definition) is 1. The summed E-state index contributed by atoms with van der Waals surface area (Å²) in [5.41, 5.74) is 2.86. The molecule has 0 radical (unpaired) electrons. The smallest absolute Gasteiger partial charge is 0.167 e. The van der Waals surface area contributed by atoms with E-state index in [1.54, 1.807) is 6.92 Å². The standard InChI is InChI=1S/C24H31ClO5/c1-14(8-7-9-15(2)19-12-20(27)24(4,5)30-19)10-11-17-22(28)21(25)16(3)18(13-26)23(17)29-6/h9-10,13,19,28H,7-8,11-12H2,1-6H3/b14-10+,15-9+/t19-/m0/s1. The number of rotatable bonds is 8. The molecule has 164 valence electrons. The highest BCUT2D eigenvalue weighted by Crippen LogP contribution is 2.41. The second kappa shape index (κ2) is 9.80. The molecule has 1 aliphatic heterocycles. The molecule has 1 atom stereocenters. The van der Waals surface area contributed by atoms with Crippen molar-refractivity contribution in [3.8, 4) is 11.5 Å². The Morgan fingerprint density at radius 1 is 1.33 bits per heavy atom. The SMILES string of the molecule is COc1c(C=O)c(C)c(Cl)c(O)c1C/C=C(\C)CC/C=C(\C)[C@@H]1CC(=O)C(C)(C)O1. The van der Waals surface area contributed by atoms with Crippen molar-refractivity contribution in [1.82, 2.24) is 0 Å². The third kappa shape index (κ3) is 5.13. The molecule has 1 saturated heterocycles. The van der Waals surface area contributed by atoms with Crippen molar-refractivity contribution in [3.05, 3.63) is 45.0 Å². The monoisotopic (exact) mass is 434 g/mol. The molecule has 2 rings (SSSR count). The summed E-state index contributed by atoms with van der Waals surface area (Å²) < 4.78 is 11.2. The van der Waals surface area contributed by atoms with Crippen molar-refractivity contribution in [2.24, 2.45) is 0 Å². The number of halogens is 1. The summed E-state index contributed by atoms with van der Waals surface area (Å²) in [7, 11) is 1.47. The van der Waals surface area contributed by atoms with Crippen LogP contribution in [0.4, 0.5) is 0 Å². The summed E-state index contributed by atoms with van der Waals surface area (Å²) in [6.07, 6.45) is 7.14. The van der Waals surface area contributed by atoms with Crippen LogP contribution in [-0.2, 0) is 16.0 Å². The maximum atomic E-state index is 12.0. The Hall–Kier alpha value is -2.11. The summed E-state index contributed by atoms with van der Waals surface area (Å²) in [5.74, 6) is 0.438. The largest absolute Gasteiger partial charge is 0.506 e. The number of methoxy groups -OCH3 is 1. The molecule has 1 aliphatic rings. The zero-order valence-corrected chi connectivity index (χ0v) is 19.4. The van der Waals surface area contributed by atoms with Crippen molar-refractivity contribution < 1.29 is 24.2 Å². The molecule has 5 nitrogen and oxygen atoms in total.